The maximum absolute atomic E-state index is 12.4. The number of carbonyl (C=O) groups excluding carboxylic acids is 3. The molecule has 0 saturated heterocycles. The van der Waals surface area contributed by atoms with Crippen molar-refractivity contribution in [1.82, 2.24) is 10.3 Å². The number of nitrogens with one attached hydrogen (secondary N) is 2. The number of carbonyl (C=O) groups is 3. The molecular formula is C18H14Cl3N3O3. The summed E-state index contributed by atoms with van der Waals surface area (Å²) in [5, 5.41) is 0.842. The zero-order valence-electron chi connectivity index (χ0n) is 14.1. The molecule has 0 fully saturated rings. The topological polar surface area (TPSA) is 78.5 Å². The van der Waals surface area contributed by atoms with Crippen LogP contribution in [0.5, 0.6) is 0 Å². The fraction of sp³-hybridized carbons (Fsp3) is 0.167. The number of imide groups is 1. The molecule has 0 bridgehead atoms. The summed E-state index contributed by atoms with van der Waals surface area (Å²) in [4.78, 5) is 37.9. The van der Waals surface area contributed by atoms with E-state index in [1.54, 1.807) is 18.2 Å². The normalized spacial score (nSPS) is 13.0. The molecule has 0 aromatic heterocycles. The maximum Gasteiger partial charge on any atom is 0.261 e. The second-order valence-electron chi connectivity index (χ2n) is 5.98. The first-order chi connectivity index (χ1) is 12.8. The molecular weight excluding hydrogens is 413 g/mol. The first kappa shape index (κ1) is 19.5. The Bertz CT molecular complexity index is 939. The summed E-state index contributed by atoms with van der Waals surface area (Å²) in [6, 6.07) is 8.01. The molecule has 0 aliphatic carbocycles. The van der Waals surface area contributed by atoms with E-state index in [2.05, 4.69) is 10.9 Å². The summed E-state index contributed by atoms with van der Waals surface area (Å²) in [6.45, 7) is 1.80. The van der Waals surface area contributed by atoms with Crippen molar-refractivity contribution in [3.05, 3.63) is 62.1 Å². The molecule has 2 N–H and O–H groups in total. The number of hydrogen-bond donors (Lipinski definition) is 2. The summed E-state index contributed by atoms with van der Waals surface area (Å²) in [6.07, 6.45) is -0.0831. The molecule has 1 aliphatic heterocycles. The van der Waals surface area contributed by atoms with Crippen molar-refractivity contribution in [2.45, 2.75) is 13.3 Å². The third kappa shape index (κ3) is 4.03. The van der Waals surface area contributed by atoms with Gasteiger partial charge in [0.25, 0.3) is 11.8 Å². The van der Waals surface area contributed by atoms with Crippen LogP contribution in [0.3, 0.4) is 0 Å². The van der Waals surface area contributed by atoms with Crippen LogP contribution >= 0.6 is 34.8 Å². The number of nitrogens with zero attached hydrogens (tertiary/aromatic N) is 1. The van der Waals surface area contributed by atoms with Crippen LogP contribution in [0.2, 0.25) is 15.1 Å². The molecule has 0 spiro atoms. The molecule has 1 heterocycles. The number of fused-ring (bicyclic) bond motifs is 1. The van der Waals surface area contributed by atoms with Gasteiger partial charge >= 0.3 is 0 Å². The second kappa shape index (κ2) is 7.76. The van der Waals surface area contributed by atoms with Crippen molar-refractivity contribution in [2.75, 3.05) is 12.0 Å². The highest BCUT2D eigenvalue weighted by atomic mass is 35.5. The van der Waals surface area contributed by atoms with Crippen molar-refractivity contribution in [3.63, 3.8) is 0 Å². The van der Waals surface area contributed by atoms with Gasteiger partial charge in [-0.3, -0.25) is 30.1 Å². The molecule has 1 aliphatic rings. The first-order valence-electron chi connectivity index (χ1n) is 7.94. The van der Waals surface area contributed by atoms with Gasteiger partial charge in [0.15, 0.2) is 0 Å². The summed E-state index contributed by atoms with van der Waals surface area (Å²) in [7, 11) is 0. The van der Waals surface area contributed by atoms with Crippen molar-refractivity contribution in [2.24, 2.45) is 0 Å². The lowest BCUT2D eigenvalue weighted by Gasteiger charge is -2.15. The van der Waals surface area contributed by atoms with Gasteiger partial charge in [0.05, 0.1) is 26.9 Å². The third-order valence-electron chi connectivity index (χ3n) is 4.02. The van der Waals surface area contributed by atoms with Crippen molar-refractivity contribution in [1.29, 1.82) is 0 Å². The molecule has 140 valence electrons. The van der Waals surface area contributed by atoms with Crippen LogP contribution in [0.1, 0.15) is 32.7 Å². The fourth-order valence-electron chi connectivity index (χ4n) is 2.68. The third-order valence-corrected chi connectivity index (χ3v) is 4.84. The Balaban J connectivity index is 1.59. The molecule has 0 atom stereocenters. The van der Waals surface area contributed by atoms with E-state index >= 15 is 0 Å². The molecule has 0 saturated carbocycles. The van der Waals surface area contributed by atoms with Crippen LogP contribution in [0.25, 0.3) is 0 Å². The lowest BCUT2D eigenvalue weighted by atomic mass is 10.1. The molecule has 2 aromatic rings. The monoisotopic (exact) mass is 425 g/mol. The van der Waals surface area contributed by atoms with E-state index in [-0.39, 0.29) is 23.0 Å². The molecule has 0 radical (unpaired) electrons. The summed E-state index contributed by atoms with van der Waals surface area (Å²) >= 11 is 17.9. The number of aryl methyl sites for hydroxylation is 1. The molecule has 2 aromatic carbocycles. The van der Waals surface area contributed by atoms with E-state index < -0.39 is 17.7 Å². The number of hydrogen-bond acceptors (Lipinski definition) is 4. The predicted octanol–water partition coefficient (Wildman–Crippen LogP) is 4.08. The number of amides is 3. The van der Waals surface area contributed by atoms with Crippen LogP contribution in [-0.2, 0) is 4.79 Å². The first-order valence-corrected chi connectivity index (χ1v) is 9.07. The number of benzene rings is 2. The van der Waals surface area contributed by atoms with E-state index in [1.807, 2.05) is 6.92 Å². The van der Waals surface area contributed by atoms with Crippen LogP contribution in [0, 0.1) is 6.92 Å². The number of rotatable bonds is 5. The van der Waals surface area contributed by atoms with Crippen molar-refractivity contribution < 1.29 is 14.4 Å². The lowest BCUT2D eigenvalue weighted by Crippen LogP contribution is -2.36. The molecule has 3 rings (SSSR count). The smallest absolute Gasteiger partial charge is 0.261 e. The van der Waals surface area contributed by atoms with Gasteiger partial charge in [-0.15, -0.1) is 0 Å². The Labute approximate surface area is 170 Å². The lowest BCUT2D eigenvalue weighted by molar-refractivity contribution is -0.120. The Morgan fingerprint density at radius 3 is 2.30 bits per heavy atom. The van der Waals surface area contributed by atoms with E-state index in [4.69, 9.17) is 34.8 Å². The Morgan fingerprint density at radius 2 is 1.63 bits per heavy atom. The molecule has 3 amide bonds. The summed E-state index contributed by atoms with van der Waals surface area (Å²) < 4.78 is 0. The minimum absolute atomic E-state index is 0.0407. The van der Waals surface area contributed by atoms with Gasteiger partial charge in [0, 0.05) is 18.0 Å². The Hall–Kier alpha value is -2.28. The maximum atomic E-state index is 12.4. The van der Waals surface area contributed by atoms with Gasteiger partial charge < -0.3 is 0 Å². The van der Waals surface area contributed by atoms with Crippen LogP contribution in [-0.4, -0.2) is 29.2 Å². The van der Waals surface area contributed by atoms with E-state index in [1.165, 1.54) is 12.1 Å². The van der Waals surface area contributed by atoms with Gasteiger partial charge in [0.2, 0.25) is 5.91 Å². The highest BCUT2D eigenvalue weighted by Gasteiger charge is 2.35. The Kier molecular flexibility index (Phi) is 5.60. The zero-order valence-corrected chi connectivity index (χ0v) is 16.4. The van der Waals surface area contributed by atoms with Crippen molar-refractivity contribution >= 4 is 58.2 Å². The molecule has 0 unspecified atom stereocenters. The Morgan fingerprint density at radius 1 is 1.00 bits per heavy atom. The molecule has 6 nitrogen and oxygen atoms in total. The van der Waals surface area contributed by atoms with Crippen LogP contribution < -0.4 is 10.9 Å². The SMILES string of the molecule is Cc1ccc2c(c1)C(=O)N(CCC(=O)NNc1c(Cl)cc(Cl)cc1Cl)C2=O. The van der Waals surface area contributed by atoms with E-state index in [0.29, 0.717) is 21.8 Å². The average Bonchev–Trinajstić information content (AvgIpc) is 2.82. The quantitative estimate of drug-likeness (QED) is 0.558. The second-order valence-corrected chi connectivity index (χ2v) is 7.23. The van der Waals surface area contributed by atoms with E-state index in [9.17, 15) is 14.4 Å². The standard InChI is InChI=1S/C18H14Cl3N3O3/c1-9-2-3-11-12(6-9)18(27)24(17(11)26)5-4-15(25)22-23-16-13(20)7-10(19)8-14(16)21/h2-3,6-8,23H,4-5H2,1H3,(H,22,25). The number of anilines is 1. The fourth-order valence-corrected chi connectivity index (χ4v) is 3.59. The van der Waals surface area contributed by atoms with Crippen molar-refractivity contribution in [3.8, 4) is 0 Å². The van der Waals surface area contributed by atoms with Gasteiger partial charge in [-0.2, -0.15) is 0 Å². The van der Waals surface area contributed by atoms with Gasteiger partial charge in [-0.1, -0.05) is 46.4 Å². The number of halogens is 3. The van der Waals surface area contributed by atoms with Gasteiger partial charge in [-0.25, -0.2) is 0 Å². The average molecular weight is 427 g/mol. The highest BCUT2D eigenvalue weighted by molar-refractivity contribution is 6.41. The summed E-state index contributed by atoms with van der Waals surface area (Å²) in [5.74, 6) is -1.24. The van der Waals surface area contributed by atoms with Gasteiger partial charge in [0.1, 0.15) is 0 Å². The zero-order chi connectivity index (χ0) is 19.7. The minimum atomic E-state index is -0.440. The van der Waals surface area contributed by atoms with Crippen LogP contribution in [0.15, 0.2) is 30.3 Å². The van der Waals surface area contributed by atoms with Crippen LogP contribution in [0.4, 0.5) is 5.69 Å². The molecule has 9 heteroatoms. The minimum Gasteiger partial charge on any atom is -0.296 e. The highest BCUT2D eigenvalue weighted by Crippen LogP contribution is 2.33. The number of hydrazine groups is 1. The largest absolute Gasteiger partial charge is 0.296 e. The van der Waals surface area contributed by atoms with Gasteiger partial charge in [-0.05, 0) is 31.2 Å². The summed E-state index contributed by atoms with van der Waals surface area (Å²) in [5.41, 5.74) is 6.95. The predicted molar refractivity (Wildman–Crippen MR) is 104 cm³/mol. The van der Waals surface area contributed by atoms with E-state index in [0.717, 1.165) is 10.5 Å². The molecule has 27 heavy (non-hydrogen) atoms.